The van der Waals surface area contributed by atoms with Crippen molar-refractivity contribution in [1.29, 1.82) is 0 Å². The molecule has 10 nitrogen and oxygen atoms in total. The summed E-state index contributed by atoms with van der Waals surface area (Å²) in [6.07, 6.45) is 1.01. The fourth-order valence-electron chi connectivity index (χ4n) is 5.36. The molecule has 1 aliphatic rings. The Kier molecular flexibility index (Phi) is 8.51. The first-order valence-corrected chi connectivity index (χ1v) is 14.1. The van der Waals surface area contributed by atoms with Crippen molar-refractivity contribution in [1.82, 2.24) is 28.5 Å². The van der Waals surface area contributed by atoms with Gasteiger partial charge in [0.2, 0.25) is 0 Å². The fourth-order valence-corrected chi connectivity index (χ4v) is 5.36. The molecule has 1 saturated heterocycles. The lowest BCUT2D eigenvalue weighted by molar-refractivity contribution is 0.00920. The van der Waals surface area contributed by atoms with E-state index in [9.17, 15) is 14.4 Å². The molecule has 0 bridgehead atoms. The maximum Gasteiger partial charge on any atom is 0.338 e. The minimum Gasteiger partial charge on any atom is -0.456 e. The van der Waals surface area contributed by atoms with E-state index in [0.29, 0.717) is 29.2 Å². The van der Waals surface area contributed by atoms with Gasteiger partial charge >= 0.3 is 11.7 Å². The molecule has 0 amide bonds. The second-order valence-electron chi connectivity index (χ2n) is 11.1. The molecule has 4 aromatic rings. The molecular formula is C31H38N6O4. The van der Waals surface area contributed by atoms with Gasteiger partial charge in [0.1, 0.15) is 6.10 Å². The Bertz CT molecular complexity index is 1610. The zero-order valence-electron chi connectivity index (χ0n) is 24.2. The predicted octanol–water partition coefficient (Wildman–Crippen LogP) is 2.60. The molecule has 0 radical (unpaired) electrons. The van der Waals surface area contributed by atoms with E-state index in [1.165, 1.54) is 29.1 Å². The first-order chi connectivity index (χ1) is 19.7. The van der Waals surface area contributed by atoms with Crippen LogP contribution in [0, 0.1) is 0 Å². The molecule has 0 saturated carbocycles. The van der Waals surface area contributed by atoms with Crippen LogP contribution in [0.4, 0.5) is 0 Å². The molecule has 3 heterocycles. The van der Waals surface area contributed by atoms with Gasteiger partial charge in [-0.3, -0.25) is 23.7 Å². The number of esters is 1. The number of fused-ring (bicyclic) bond motifs is 1. The van der Waals surface area contributed by atoms with Gasteiger partial charge < -0.3 is 9.30 Å². The van der Waals surface area contributed by atoms with Crippen LogP contribution >= 0.6 is 0 Å². The lowest BCUT2D eigenvalue weighted by atomic mass is 10.0. The topological polar surface area (TPSA) is 94.6 Å². The van der Waals surface area contributed by atoms with Gasteiger partial charge in [-0.25, -0.2) is 14.6 Å². The SMILES string of the molecule is CC(C)c1ccc(CN2CCN(CC(Cn3cnc4c3c(=O)n(C)c(=O)n4C)OC(=O)c3ccccc3)CC2)cc1. The van der Waals surface area contributed by atoms with Crippen molar-refractivity contribution >= 4 is 17.1 Å². The number of carbonyl (C=O) groups is 1. The first kappa shape index (κ1) is 28.5. The van der Waals surface area contributed by atoms with Gasteiger partial charge in [-0.05, 0) is 29.2 Å². The maximum atomic E-state index is 13.0. The minimum atomic E-state index is -0.530. The molecule has 41 heavy (non-hydrogen) atoms. The Hall–Kier alpha value is -4.02. The summed E-state index contributed by atoms with van der Waals surface area (Å²) in [5.74, 6) is 0.107. The Balaban J connectivity index is 1.30. The number of nitrogens with zero attached hydrogens (tertiary/aromatic N) is 6. The highest BCUT2D eigenvalue weighted by molar-refractivity contribution is 5.89. The lowest BCUT2D eigenvalue weighted by Crippen LogP contribution is -2.49. The van der Waals surface area contributed by atoms with E-state index in [4.69, 9.17) is 4.74 Å². The average molecular weight is 559 g/mol. The van der Waals surface area contributed by atoms with Crippen molar-refractivity contribution in [3.8, 4) is 0 Å². The normalized spacial score (nSPS) is 15.4. The highest BCUT2D eigenvalue weighted by atomic mass is 16.5. The van der Waals surface area contributed by atoms with Crippen molar-refractivity contribution in [3.05, 3.63) is 98.5 Å². The summed E-state index contributed by atoms with van der Waals surface area (Å²) in [5, 5.41) is 0. The molecule has 10 heteroatoms. The molecule has 1 atom stereocenters. The van der Waals surface area contributed by atoms with Crippen LogP contribution in [0.1, 0.15) is 41.3 Å². The number of imidazole rings is 1. The lowest BCUT2D eigenvalue weighted by Gasteiger charge is -2.36. The van der Waals surface area contributed by atoms with Crippen LogP contribution < -0.4 is 11.2 Å². The minimum absolute atomic E-state index is 0.241. The largest absolute Gasteiger partial charge is 0.456 e. The fraction of sp³-hybridized carbons (Fsp3) is 0.419. The predicted molar refractivity (Wildman–Crippen MR) is 158 cm³/mol. The van der Waals surface area contributed by atoms with Crippen molar-refractivity contribution in [2.75, 3.05) is 32.7 Å². The highest BCUT2D eigenvalue weighted by Crippen LogP contribution is 2.17. The maximum absolute atomic E-state index is 13.0. The van der Waals surface area contributed by atoms with Gasteiger partial charge in [-0.2, -0.15) is 0 Å². The van der Waals surface area contributed by atoms with Gasteiger partial charge in [0.15, 0.2) is 11.2 Å². The van der Waals surface area contributed by atoms with E-state index < -0.39 is 23.3 Å². The number of carbonyl (C=O) groups excluding carboxylic acids is 1. The van der Waals surface area contributed by atoms with Crippen LogP contribution in [-0.4, -0.2) is 73.3 Å². The summed E-state index contributed by atoms with van der Waals surface area (Å²) < 4.78 is 10.1. The van der Waals surface area contributed by atoms with Crippen molar-refractivity contribution < 1.29 is 9.53 Å². The summed E-state index contributed by atoms with van der Waals surface area (Å²) in [7, 11) is 3.04. The first-order valence-electron chi connectivity index (χ1n) is 14.1. The Morgan fingerprint density at radius 1 is 0.878 bits per heavy atom. The van der Waals surface area contributed by atoms with E-state index in [1.54, 1.807) is 35.9 Å². The van der Waals surface area contributed by atoms with Gasteiger partial charge in [0.05, 0.1) is 18.4 Å². The zero-order chi connectivity index (χ0) is 29.1. The standard InChI is InChI=1S/C31H38N6O4/c1-22(2)24-12-10-23(11-13-24)18-35-14-16-36(17-15-35)19-26(41-30(39)25-8-6-5-7-9-25)20-37-21-32-28-27(37)29(38)34(4)31(40)33(28)3/h5-13,21-22,26H,14-20H2,1-4H3. The van der Waals surface area contributed by atoms with Gasteiger partial charge in [0.25, 0.3) is 5.56 Å². The Morgan fingerprint density at radius 3 is 2.20 bits per heavy atom. The zero-order valence-corrected chi connectivity index (χ0v) is 24.2. The molecule has 2 aromatic heterocycles. The quantitative estimate of drug-likeness (QED) is 0.292. The number of benzene rings is 2. The van der Waals surface area contributed by atoms with Crippen molar-refractivity contribution in [3.63, 3.8) is 0 Å². The van der Waals surface area contributed by atoms with Gasteiger partial charge in [-0.1, -0.05) is 56.3 Å². The van der Waals surface area contributed by atoms with E-state index in [-0.39, 0.29) is 6.54 Å². The van der Waals surface area contributed by atoms with Gasteiger partial charge in [0, 0.05) is 53.4 Å². The summed E-state index contributed by atoms with van der Waals surface area (Å²) in [6.45, 7) is 9.55. The third-order valence-corrected chi connectivity index (χ3v) is 7.88. The van der Waals surface area contributed by atoms with Crippen LogP contribution in [0.25, 0.3) is 11.2 Å². The average Bonchev–Trinajstić information content (AvgIpc) is 3.40. The molecule has 216 valence electrons. The third kappa shape index (κ3) is 6.34. The molecule has 0 N–H and O–H groups in total. The number of hydrogen-bond acceptors (Lipinski definition) is 7. The number of aryl methyl sites for hydroxylation is 1. The van der Waals surface area contributed by atoms with Crippen molar-refractivity contribution in [2.45, 2.75) is 39.0 Å². The molecule has 5 rings (SSSR count). The van der Waals surface area contributed by atoms with Crippen LogP contribution in [-0.2, 0) is 31.9 Å². The Morgan fingerprint density at radius 2 is 1.54 bits per heavy atom. The number of rotatable bonds is 9. The number of hydrogen-bond donors (Lipinski definition) is 0. The van der Waals surface area contributed by atoms with Crippen LogP contribution in [0.2, 0.25) is 0 Å². The molecule has 1 fully saturated rings. The number of piperazine rings is 1. The summed E-state index contributed by atoms with van der Waals surface area (Å²) >= 11 is 0. The van der Waals surface area contributed by atoms with Crippen LogP contribution in [0.5, 0.6) is 0 Å². The molecule has 1 aliphatic heterocycles. The molecule has 1 unspecified atom stereocenters. The van der Waals surface area contributed by atoms with E-state index in [1.807, 2.05) is 6.07 Å². The van der Waals surface area contributed by atoms with E-state index >= 15 is 0 Å². The van der Waals surface area contributed by atoms with E-state index in [0.717, 1.165) is 37.3 Å². The molecule has 2 aromatic carbocycles. The van der Waals surface area contributed by atoms with E-state index in [2.05, 4.69) is 52.9 Å². The monoisotopic (exact) mass is 558 g/mol. The summed E-state index contributed by atoms with van der Waals surface area (Å²) in [6, 6.07) is 17.8. The number of aromatic nitrogens is 4. The summed E-state index contributed by atoms with van der Waals surface area (Å²) in [5.41, 5.74) is 2.88. The van der Waals surface area contributed by atoms with Gasteiger partial charge in [-0.15, -0.1) is 0 Å². The van der Waals surface area contributed by atoms with Crippen molar-refractivity contribution in [2.24, 2.45) is 14.1 Å². The van der Waals surface area contributed by atoms with Crippen LogP contribution in [0.3, 0.4) is 0 Å². The second-order valence-corrected chi connectivity index (χ2v) is 11.1. The Labute approximate surface area is 239 Å². The number of ether oxygens (including phenoxy) is 1. The second kappa shape index (κ2) is 12.2. The highest BCUT2D eigenvalue weighted by Gasteiger charge is 2.25. The molecule has 0 spiro atoms. The molecule has 0 aliphatic carbocycles. The smallest absolute Gasteiger partial charge is 0.338 e. The summed E-state index contributed by atoms with van der Waals surface area (Å²) in [4.78, 5) is 47.5. The molecular weight excluding hydrogens is 520 g/mol. The third-order valence-electron chi connectivity index (χ3n) is 7.88. The van der Waals surface area contributed by atoms with Crippen LogP contribution in [0.15, 0.2) is 70.5 Å².